The van der Waals surface area contributed by atoms with Crippen LogP contribution in [0.3, 0.4) is 0 Å². The van der Waals surface area contributed by atoms with Crippen molar-refractivity contribution in [1.82, 2.24) is 9.97 Å². The summed E-state index contributed by atoms with van der Waals surface area (Å²) in [6.07, 6.45) is 2.88. The Hall–Kier alpha value is -3.27. The van der Waals surface area contributed by atoms with Gasteiger partial charge in [-0.05, 0) is 37.0 Å². The maximum absolute atomic E-state index is 12.4. The van der Waals surface area contributed by atoms with Crippen molar-refractivity contribution in [2.24, 2.45) is 0 Å². The number of nitro benzene ring substituents is 1. The number of rotatable bonds is 5. The molecule has 1 aliphatic rings. The quantitative estimate of drug-likeness (QED) is 0.396. The Morgan fingerprint density at radius 3 is 2.96 bits per heavy atom. The smallest absolute Gasteiger partial charge is 0.338 e. The summed E-state index contributed by atoms with van der Waals surface area (Å²) < 4.78 is 10.1. The minimum Gasteiger partial charge on any atom is -0.490 e. The molecule has 0 fully saturated rings. The van der Waals surface area contributed by atoms with Crippen molar-refractivity contribution in [3.05, 3.63) is 60.5 Å². The first-order valence-corrected chi connectivity index (χ1v) is 9.32. The summed E-state index contributed by atoms with van der Waals surface area (Å²) >= 11 is 1.49. The van der Waals surface area contributed by atoms with E-state index in [1.807, 2.05) is 0 Å². The molecule has 4 rings (SSSR count). The second-order valence-corrected chi connectivity index (χ2v) is 7.35. The standard InChI is InChI=1S/C18H15N3O6S/c1-26-12-6-5-9(7-11(12)21(24)25)18(23)27-8-14-19-16(22)15-10-3-2-4-13(10)28-17(15)20-14/h5-7H,2-4,8H2,1H3,(H,19,20,22). The van der Waals surface area contributed by atoms with Crippen molar-refractivity contribution in [1.29, 1.82) is 0 Å². The first-order chi connectivity index (χ1) is 13.5. The summed E-state index contributed by atoms with van der Waals surface area (Å²) in [7, 11) is 1.30. The second kappa shape index (κ2) is 7.04. The van der Waals surface area contributed by atoms with E-state index in [0.717, 1.165) is 30.9 Å². The van der Waals surface area contributed by atoms with Crippen LogP contribution in [-0.4, -0.2) is 28.0 Å². The van der Waals surface area contributed by atoms with Crippen LogP contribution < -0.4 is 10.3 Å². The normalized spacial score (nSPS) is 12.8. The van der Waals surface area contributed by atoms with E-state index >= 15 is 0 Å². The van der Waals surface area contributed by atoms with E-state index in [2.05, 4.69) is 9.97 Å². The van der Waals surface area contributed by atoms with Crippen molar-refractivity contribution in [2.75, 3.05) is 7.11 Å². The van der Waals surface area contributed by atoms with E-state index in [9.17, 15) is 19.7 Å². The number of H-pyrrole nitrogens is 1. The molecule has 10 heteroatoms. The molecule has 0 radical (unpaired) electrons. The molecule has 28 heavy (non-hydrogen) atoms. The van der Waals surface area contributed by atoms with Crippen LogP contribution in [0.4, 0.5) is 5.69 Å². The summed E-state index contributed by atoms with van der Waals surface area (Å²) in [6.45, 7) is -0.244. The van der Waals surface area contributed by atoms with E-state index in [1.165, 1.54) is 35.5 Å². The Morgan fingerprint density at radius 1 is 1.39 bits per heavy atom. The SMILES string of the molecule is COc1ccc(C(=O)OCc2nc3sc4c(c3c(=O)[nH]2)CCC4)cc1[N+](=O)[O-]. The van der Waals surface area contributed by atoms with Gasteiger partial charge in [0.2, 0.25) is 0 Å². The van der Waals surface area contributed by atoms with Crippen LogP contribution in [-0.2, 0) is 24.2 Å². The van der Waals surface area contributed by atoms with E-state index in [0.29, 0.717) is 10.2 Å². The fourth-order valence-corrected chi connectivity index (χ4v) is 4.57. The van der Waals surface area contributed by atoms with Crippen LogP contribution in [0.2, 0.25) is 0 Å². The monoisotopic (exact) mass is 401 g/mol. The fraction of sp³-hybridized carbons (Fsp3) is 0.278. The van der Waals surface area contributed by atoms with E-state index in [1.54, 1.807) is 0 Å². The van der Waals surface area contributed by atoms with Gasteiger partial charge in [0.1, 0.15) is 17.3 Å². The number of benzene rings is 1. The predicted molar refractivity (Wildman–Crippen MR) is 101 cm³/mol. The van der Waals surface area contributed by atoms with Crippen LogP contribution >= 0.6 is 11.3 Å². The molecule has 2 aromatic heterocycles. The number of methoxy groups -OCH3 is 1. The number of aromatic amines is 1. The molecule has 1 aromatic carbocycles. The van der Waals surface area contributed by atoms with E-state index in [4.69, 9.17) is 9.47 Å². The second-order valence-electron chi connectivity index (χ2n) is 6.27. The van der Waals surface area contributed by atoms with Crippen molar-refractivity contribution in [2.45, 2.75) is 25.9 Å². The number of nitrogens with zero attached hydrogens (tertiary/aromatic N) is 2. The first-order valence-electron chi connectivity index (χ1n) is 8.51. The molecule has 0 bridgehead atoms. The Kier molecular flexibility index (Phi) is 4.55. The van der Waals surface area contributed by atoms with Gasteiger partial charge in [-0.25, -0.2) is 9.78 Å². The first kappa shape index (κ1) is 18.1. The summed E-state index contributed by atoms with van der Waals surface area (Å²) in [5.41, 5.74) is 0.502. The highest BCUT2D eigenvalue weighted by Crippen LogP contribution is 2.34. The number of nitrogens with one attached hydrogen (secondary N) is 1. The summed E-state index contributed by atoms with van der Waals surface area (Å²) in [5, 5.41) is 11.7. The zero-order valence-corrected chi connectivity index (χ0v) is 15.6. The molecule has 0 saturated carbocycles. The van der Waals surface area contributed by atoms with Crippen molar-refractivity contribution in [3.63, 3.8) is 0 Å². The minimum atomic E-state index is -0.762. The maximum Gasteiger partial charge on any atom is 0.338 e. The van der Waals surface area contributed by atoms with Crippen molar-refractivity contribution < 1.29 is 19.2 Å². The van der Waals surface area contributed by atoms with Crippen LogP contribution in [0, 0.1) is 10.1 Å². The fourth-order valence-electron chi connectivity index (χ4n) is 3.29. The van der Waals surface area contributed by atoms with Gasteiger partial charge in [-0.2, -0.15) is 0 Å². The number of esters is 1. The van der Waals surface area contributed by atoms with Crippen molar-refractivity contribution in [3.8, 4) is 5.75 Å². The number of carbonyl (C=O) groups excluding carboxylic acids is 1. The van der Waals surface area contributed by atoms with Crippen LogP contribution in [0.15, 0.2) is 23.0 Å². The van der Waals surface area contributed by atoms with Gasteiger partial charge in [-0.15, -0.1) is 11.3 Å². The number of carbonyl (C=O) groups is 1. The number of thiophene rings is 1. The Balaban J connectivity index is 1.55. The lowest BCUT2D eigenvalue weighted by molar-refractivity contribution is -0.385. The molecule has 0 amide bonds. The molecule has 2 heterocycles. The molecular formula is C18H15N3O6S. The van der Waals surface area contributed by atoms with Gasteiger partial charge in [0.25, 0.3) is 5.56 Å². The lowest BCUT2D eigenvalue weighted by atomic mass is 10.2. The molecule has 0 saturated heterocycles. The molecule has 1 aliphatic carbocycles. The Labute approximate surface area is 162 Å². The number of nitro groups is 1. The highest BCUT2D eigenvalue weighted by molar-refractivity contribution is 7.18. The van der Waals surface area contributed by atoms with Gasteiger partial charge in [0, 0.05) is 10.9 Å². The number of ether oxygens (including phenoxy) is 2. The third-order valence-corrected chi connectivity index (χ3v) is 5.76. The third kappa shape index (κ3) is 3.11. The highest BCUT2D eigenvalue weighted by Gasteiger charge is 2.22. The van der Waals surface area contributed by atoms with Gasteiger partial charge < -0.3 is 14.5 Å². The average molecular weight is 401 g/mol. The van der Waals surface area contributed by atoms with Crippen LogP contribution in [0.1, 0.15) is 33.0 Å². The molecule has 0 atom stereocenters. The third-order valence-electron chi connectivity index (χ3n) is 4.58. The van der Waals surface area contributed by atoms with Gasteiger partial charge in [-0.1, -0.05) is 0 Å². The van der Waals surface area contributed by atoms with Gasteiger partial charge >= 0.3 is 11.7 Å². The molecule has 9 nitrogen and oxygen atoms in total. The Morgan fingerprint density at radius 2 is 2.21 bits per heavy atom. The van der Waals surface area contributed by atoms with E-state index < -0.39 is 10.9 Å². The lowest BCUT2D eigenvalue weighted by Crippen LogP contribution is -2.14. The molecule has 0 unspecified atom stereocenters. The number of aromatic nitrogens is 2. The zero-order chi connectivity index (χ0) is 19.8. The van der Waals surface area contributed by atoms with Crippen LogP contribution in [0.25, 0.3) is 10.2 Å². The molecule has 144 valence electrons. The molecule has 0 aliphatic heterocycles. The molecule has 1 N–H and O–H groups in total. The molecule has 0 spiro atoms. The molecule has 3 aromatic rings. The number of aryl methyl sites for hydroxylation is 2. The topological polar surface area (TPSA) is 124 Å². The van der Waals surface area contributed by atoms with Gasteiger partial charge in [0.15, 0.2) is 5.75 Å². The Bertz CT molecular complexity index is 1170. The lowest BCUT2D eigenvalue weighted by Gasteiger charge is -2.06. The summed E-state index contributed by atoms with van der Waals surface area (Å²) in [6, 6.07) is 3.79. The largest absolute Gasteiger partial charge is 0.490 e. The summed E-state index contributed by atoms with van der Waals surface area (Å²) in [5.74, 6) is -0.486. The number of fused-ring (bicyclic) bond motifs is 3. The molecular weight excluding hydrogens is 386 g/mol. The average Bonchev–Trinajstić information content (AvgIpc) is 3.26. The van der Waals surface area contributed by atoms with Crippen molar-refractivity contribution >= 4 is 33.2 Å². The minimum absolute atomic E-state index is 0.00558. The number of hydrogen-bond donors (Lipinski definition) is 1. The van der Waals surface area contributed by atoms with Crippen LogP contribution in [0.5, 0.6) is 5.75 Å². The number of hydrogen-bond acceptors (Lipinski definition) is 8. The maximum atomic E-state index is 12.4. The van der Waals surface area contributed by atoms with Gasteiger partial charge in [-0.3, -0.25) is 14.9 Å². The predicted octanol–water partition coefficient (Wildman–Crippen LogP) is 2.75. The van der Waals surface area contributed by atoms with E-state index in [-0.39, 0.29) is 35.0 Å². The summed E-state index contributed by atoms with van der Waals surface area (Å²) in [4.78, 5) is 44.0. The highest BCUT2D eigenvalue weighted by atomic mass is 32.1. The zero-order valence-electron chi connectivity index (χ0n) is 14.8. The van der Waals surface area contributed by atoms with Gasteiger partial charge in [0.05, 0.1) is 23.0 Å².